The van der Waals surface area contributed by atoms with E-state index in [4.69, 9.17) is 14.9 Å². The molecule has 0 spiro atoms. The second kappa shape index (κ2) is 4.59. The smallest absolute Gasteiger partial charge is 0.289 e. The minimum absolute atomic E-state index is 0.120. The van der Waals surface area contributed by atoms with Gasteiger partial charge in [0.05, 0.1) is 12.6 Å². The number of carbonyl (C=O) groups is 1. The summed E-state index contributed by atoms with van der Waals surface area (Å²) in [5, 5.41) is 0.847. The number of nitrogens with zero attached hydrogens (tertiary/aromatic N) is 1. The van der Waals surface area contributed by atoms with Gasteiger partial charge in [-0.3, -0.25) is 4.79 Å². The third-order valence-corrected chi connectivity index (χ3v) is 3.52. The minimum Gasteiger partial charge on any atom is -0.451 e. The first kappa shape index (κ1) is 12.0. The standard InChI is InChI=1S/C14H16N2O3/c1-16(11-4-5-18-8-11)14(17)13-7-9-6-10(15)2-3-12(9)19-13/h2-3,6-7,11H,4-5,8,15H2,1H3. The molecule has 1 saturated heterocycles. The monoisotopic (exact) mass is 260 g/mol. The van der Waals surface area contributed by atoms with Crippen LogP contribution in [0.2, 0.25) is 0 Å². The van der Waals surface area contributed by atoms with E-state index < -0.39 is 0 Å². The van der Waals surface area contributed by atoms with Crippen LogP contribution in [0.5, 0.6) is 0 Å². The van der Waals surface area contributed by atoms with Crippen LogP contribution in [0.4, 0.5) is 5.69 Å². The van der Waals surface area contributed by atoms with E-state index in [1.54, 1.807) is 36.2 Å². The van der Waals surface area contributed by atoms with Gasteiger partial charge in [0.25, 0.3) is 5.91 Å². The maximum absolute atomic E-state index is 12.3. The van der Waals surface area contributed by atoms with E-state index in [0.29, 0.717) is 30.2 Å². The number of anilines is 1. The van der Waals surface area contributed by atoms with Gasteiger partial charge in [0.15, 0.2) is 5.76 Å². The Kier molecular flexibility index (Phi) is 2.91. The molecule has 3 rings (SSSR count). The molecule has 2 aromatic rings. The predicted molar refractivity (Wildman–Crippen MR) is 71.9 cm³/mol. The van der Waals surface area contributed by atoms with Crippen LogP contribution in [0.25, 0.3) is 11.0 Å². The topological polar surface area (TPSA) is 68.7 Å². The Hall–Kier alpha value is -2.01. The molecule has 0 saturated carbocycles. The quantitative estimate of drug-likeness (QED) is 0.837. The van der Waals surface area contributed by atoms with Gasteiger partial charge in [-0.05, 0) is 30.7 Å². The number of hydrogen-bond donors (Lipinski definition) is 1. The van der Waals surface area contributed by atoms with Gasteiger partial charge in [0.1, 0.15) is 5.58 Å². The first-order valence-corrected chi connectivity index (χ1v) is 6.29. The molecule has 0 radical (unpaired) electrons. The van der Waals surface area contributed by atoms with Crippen molar-refractivity contribution in [3.63, 3.8) is 0 Å². The zero-order chi connectivity index (χ0) is 13.4. The van der Waals surface area contributed by atoms with Gasteiger partial charge in [-0.15, -0.1) is 0 Å². The average molecular weight is 260 g/mol. The lowest BCUT2D eigenvalue weighted by Crippen LogP contribution is -2.37. The van der Waals surface area contributed by atoms with Crippen molar-refractivity contribution in [1.29, 1.82) is 0 Å². The molecule has 5 heteroatoms. The number of hydrogen-bond acceptors (Lipinski definition) is 4. The van der Waals surface area contributed by atoms with Crippen molar-refractivity contribution in [2.24, 2.45) is 0 Å². The molecule has 1 unspecified atom stereocenters. The fourth-order valence-corrected chi connectivity index (χ4v) is 2.33. The normalized spacial score (nSPS) is 18.9. The van der Waals surface area contributed by atoms with Crippen molar-refractivity contribution >= 4 is 22.6 Å². The second-order valence-corrected chi connectivity index (χ2v) is 4.84. The van der Waals surface area contributed by atoms with Gasteiger partial charge in [0, 0.05) is 24.7 Å². The van der Waals surface area contributed by atoms with E-state index in [9.17, 15) is 4.79 Å². The Bertz CT molecular complexity index is 614. The molecule has 1 aromatic carbocycles. The first-order chi connectivity index (χ1) is 9.15. The summed E-state index contributed by atoms with van der Waals surface area (Å²) in [6.45, 7) is 1.30. The number of nitrogen functional groups attached to an aromatic ring is 1. The van der Waals surface area contributed by atoms with Crippen molar-refractivity contribution in [3.8, 4) is 0 Å². The van der Waals surface area contributed by atoms with Crippen molar-refractivity contribution in [2.45, 2.75) is 12.5 Å². The number of carbonyl (C=O) groups excluding carboxylic acids is 1. The Morgan fingerprint density at radius 2 is 2.26 bits per heavy atom. The molecule has 100 valence electrons. The lowest BCUT2D eigenvalue weighted by molar-refractivity contribution is 0.0682. The highest BCUT2D eigenvalue weighted by molar-refractivity contribution is 5.96. The summed E-state index contributed by atoms with van der Waals surface area (Å²) in [6, 6.07) is 7.20. The molecule has 1 aliphatic heterocycles. The van der Waals surface area contributed by atoms with Crippen LogP contribution in [0.1, 0.15) is 17.0 Å². The summed E-state index contributed by atoms with van der Waals surface area (Å²) in [5.74, 6) is 0.222. The number of likely N-dealkylation sites (N-methyl/N-ethyl adjacent to an activating group) is 1. The fourth-order valence-electron chi connectivity index (χ4n) is 2.33. The van der Waals surface area contributed by atoms with Gasteiger partial charge in [-0.25, -0.2) is 0 Å². The molecular formula is C14H16N2O3. The molecule has 2 heterocycles. The van der Waals surface area contributed by atoms with Crippen molar-refractivity contribution in [3.05, 3.63) is 30.0 Å². The van der Waals surface area contributed by atoms with Crippen LogP contribution in [-0.4, -0.2) is 37.1 Å². The molecule has 1 atom stereocenters. The zero-order valence-electron chi connectivity index (χ0n) is 10.8. The second-order valence-electron chi connectivity index (χ2n) is 4.84. The highest BCUT2D eigenvalue weighted by Crippen LogP contribution is 2.23. The van der Waals surface area contributed by atoms with Crippen LogP contribution in [0.3, 0.4) is 0 Å². The molecule has 5 nitrogen and oxygen atoms in total. The summed E-state index contributed by atoms with van der Waals surface area (Å²) in [7, 11) is 1.78. The number of rotatable bonds is 2. The van der Waals surface area contributed by atoms with E-state index in [2.05, 4.69) is 0 Å². The summed E-state index contributed by atoms with van der Waals surface area (Å²) >= 11 is 0. The molecule has 2 N–H and O–H groups in total. The Labute approximate surface area is 110 Å². The third kappa shape index (κ3) is 2.17. The molecule has 1 amide bonds. The number of nitrogens with two attached hydrogens (primary N) is 1. The maximum Gasteiger partial charge on any atom is 0.289 e. The molecule has 0 aliphatic carbocycles. The van der Waals surface area contributed by atoms with Gasteiger partial charge < -0.3 is 19.8 Å². The van der Waals surface area contributed by atoms with Gasteiger partial charge in [0.2, 0.25) is 0 Å². The predicted octanol–water partition coefficient (Wildman–Crippen LogP) is 1.88. The molecule has 0 bridgehead atoms. The van der Waals surface area contributed by atoms with Gasteiger partial charge in [-0.1, -0.05) is 0 Å². The summed E-state index contributed by atoms with van der Waals surface area (Å²) in [5.41, 5.74) is 7.05. The maximum atomic E-state index is 12.3. The fraction of sp³-hybridized carbons (Fsp3) is 0.357. The van der Waals surface area contributed by atoms with Crippen LogP contribution in [-0.2, 0) is 4.74 Å². The Balaban J connectivity index is 1.88. The zero-order valence-corrected chi connectivity index (χ0v) is 10.8. The Morgan fingerprint density at radius 3 is 3.00 bits per heavy atom. The van der Waals surface area contributed by atoms with Crippen LogP contribution in [0, 0.1) is 0 Å². The van der Waals surface area contributed by atoms with E-state index >= 15 is 0 Å². The van der Waals surface area contributed by atoms with E-state index in [0.717, 1.165) is 11.8 Å². The van der Waals surface area contributed by atoms with Gasteiger partial charge >= 0.3 is 0 Å². The summed E-state index contributed by atoms with van der Waals surface area (Å²) < 4.78 is 10.9. The van der Waals surface area contributed by atoms with Crippen LogP contribution < -0.4 is 5.73 Å². The lowest BCUT2D eigenvalue weighted by Gasteiger charge is -2.21. The van der Waals surface area contributed by atoms with E-state index in [1.165, 1.54) is 0 Å². The van der Waals surface area contributed by atoms with Crippen molar-refractivity contribution < 1.29 is 13.9 Å². The number of fused-ring (bicyclic) bond motifs is 1. The minimum atomic E-state index is -0.120. The van der Waals surface area contributed by atoms with E-state index in [1.807, 2.05) is 0 Å². The summed E-state index contributed by atoms with van der Waals surface area (Å²) in [4.78, 5) is 14.0. The van der Waals surface area contributed by atoms with Crippen molar-refractivity contribution in [1.82, 2.24) is 4.90 Å². The highest BCUT2D eigenvalue weighted by Gasteiger charge is 2.26. The summed E-state index contributed by atoms with van der Waals surface area (Å²) in [6.07, 6.45) is 0.870. The van der Waals surface area contributed by atoms with Crippen LogP contribution >= 0.6 is 0 Å². The van der Waals surface area contributed by atoms with Crippen molar-refractivity contribution in [2.75, 3.05) is 26.0 Å². The largest absolute Gasteiger partial charge is 0.451 e. The number of amides is 1. The highest BCUT2D eigenvalue weighted by atomic mass is 16.5. The van der Waals surface area contributed by atoms with Crippen LogP contribution in [0.15, 0.2) is 28.7 Å². The Morgan fingerprint density at radius 1 is 1.42 bits per heavy atom. The lowest BCUT2D eigenvalue weighted by atomic mass is 10.2. The SMILES string of the molecule is CN(C(=O)c1cc2cc(N)ccc2o1)C1CCOC1. The van der Waals surface area contributed by atoms with E-state index in [-0.39, 0.29) is 11.9 Å². The molecule has 19 heavy (non-hydrogen) atoms. The third-order valence-electron chi connectivity index (χ3n) is 3.52. The number of benzene rings is 1. The average Bonchev–Trinajstić information content (AvgIpc) is 3.05. The number of furan rings is 1. The molecule has 1 fully saturated rings. The first-order valence-electron chi connectivity index (χ1n) is 6.29. The van der Waals surface area contributed by atoms with Gasteiger partial charge in [-0.2, -0.15) is 0 Å². The molecule has 1 aromatic heterocycles. The molecule has 1 aliphatic rings. The molecular weight excluding hydrogens is 244 g/mol. The number of ether oxygens (including phenoxy) is 1.